The Hall–Kier alpha value is -1.90. The van der Waals surface area contributed by atoms with Crippen molar-refractivity contribution in [1.29, 1.82) is 5.26 Å². The van der Waals surface area contributed by atoms with Crippen molar-refractivity contribution in [3.63, 3.8) is 0 Å². The van der Waals surface area contributed by atoms with Gasteiger partial charge in [-0.15, -0.1) is 0 Å². The first kappa shape index (κ1) is 16.5. The Bertz CT molecular complexity index is 513. The third kappa shape index (κ3) is 2.85. The Kier molecular flexibility index (Phi) is 4.55. The summed E-state index contributed by atoms with van der Waals surface area (Å²) in [6, 6.07) is 2.09. The number of nitriles is 1. The number of imide groups is 1. The van der Waals surface area contributed by atoms with Gasteiger partial charge in [0.2, 0.25) is 17.7 Å². The fraction of sp³-hybridized carbons (Fsp3) is 0.750. The van der Waals surface area contributed by atoms with Crippen molar-refractivity contribution in [2.45, 2.75) is 52.0 Å². The highest BCUT2D eigenvalue weighted by atomic mass is 16.2. The van der Waals surface area contributed by atoms with E-state index in [-0.39, 0.29) is 36.1 Å². The number of hydrogen-bond donors (Lipinski definition) is 1. The van der Waals surface area contributed by atoms with Crippen molar-refractivity contribution in [3.05, 3.63) is 0 Å². The van der Waals surface area contributed by atoms with Crippen LogP contribution < -0.4 is 5.32 Å². The lowest BCUT2D eigenvalue weighted by molar-refractivity contribution is -0.144. The second-order valence-electron chi connectivity index (χ2n) is 6.78. The molecule has 6 heteroatoms. The van der Waals surface area contributed by atoms with Gasteiger partial charge in [0.15, 0.2) is 0 Å². The Balaban J connectivity index is 2.04. The monoisotopic (exact) mass is 305 g/mol. The van der Waals surface area contributed by atoms with Crippen LogP contribution in [0.4, 0.5) is 0 Å². The van der Waals surface area contributed by atoms with Gasteiger partial charge in [-0.2, -0.15) is 5.26 Å². The first-order valence-corrected chi connectivity index (χ1v) is 7.87. The molecule has 3 unspecified atom stereocenters. The molecule has 3 atom stereocenters. The van der Waals surface area contributed by atoms with Crippen molar-refractivity contribution >= 4 is 17.7 Å². The molecule has 2 aliphatic rings. The zero-order valence-corrected chi connectivity index (χ0v) is 13.4. The lowest BCUT2D eigenvalue weighted by Crippen LogP contribution is -2.52. The van der Waals surface area contributed by atoms with Crippen molar-refractivity contribution in [2.24, 2.45) is 17.8 Å². The van der Waals surface area contributed by atoms with Crippen molar-refractivity contribution in [2.75, 3.05) is 6.54 Å². The highest BCUT2D eigenvalue weighted by molar-refractivity contribution is 6.07. The van der Waals surface area contributed by atoms with Crippen LogP contribution >= 0.6 is 0 Å². The number of likely N-dealkylation sites (tertiary alicyclic amines) is 1. The number of carbonyl (C=O) groups is 3. The molecule has 0 aromatic heterocycles. The molecule has 1 saturated carbocycles. The number of rotatable bonds is 4. The van der Waals surface area contributed by atoms with Crippen LogP contribution in [-0.4, -0.2) is 34.7 Å². The molecule has 22 heavy (non-hydrogen) atoms. The summed E-state index contributed by atoms with van der Waals surface area (Å²) >= 11 is 0. The van der Waals surface area contributed by atoms with E-state index in [0.717, 1.165) is 30.6 Å². The summed E-state index contributed by atoms with van der Waals surface area (Å²) in [7, 11) is 0. The molecule has 3 amide bonds. The summed E-state index contributed by atoms with van der Waals surface area (Å²) in [5.74, 6) is -1.49. The van der Waals surface area contributed by atoms with Crippen LogP contribution in [0, 0.1) is 29.1 Å². The van der Waals surface area contributed by atoms with Crippen LogP contribution in [0.3, 0.4) is 0 Å². The van der Waals surface area contributed by atoms with Gasteiger partial charge >= 0.3 is 0 Å². The molecular weight excluding hydrogens is 282 g/mol. The smallest absolute Gasteiger partial charge is 0.241 e. The first-order chi connectivity index (χ1) is 10.3. The van der Waals surface area contributed by atoms with E-state index in [1.54, 1.807) is 6.92 Å². The number of nitrogens with one attached hydrogen (secondary N) is 1. The maximum Gasteiger partial charge on any atom is 0.241 e. The third-order valence-electron chi connectivity index (χ3n) is 5.02. The molecule has 1 saturated heterocycles. The summed E-state index contributed by atoms with van der Waals surface area (Å²) in [5.41, 5.74) is -1.00. The van der Waals surface area contributed by atoms with E-state index in [0.29, 0.717) is 0 Å². The average Bonchev–Trinajstić information content (AvgIpc) is 2.72. The lowest BCUT2D eigenvalue weighted by atomic mass is 9.81. The van der Waals surface area contributed by atoms with Crippen LogP contribution in [0.25, 0.3) is 0 Å². The lowest BCUT2D eigenvalue weighted by Gasteiger charge is -2.28. The molecule has 0 spiro atoms. The number of hydrogen-bond acceptors (Lipinski definition) is 4. The summed E-state index contributed by atoms with van der Waals surface area (Å²) in [5, 5.41) is 11.9. The molecule has 1 heterocycles. The van der Waals surface area contributed by atoms with Crippen LogP contribution in [0.2, 0.25) is 0 Å². The first-order valence-electron chi connectivity index (χ1n) is 7.87. The van der Waals surface area contributed by atoms with Gasteiger partial charge in [0.25, 0.3) is 0 Å². The SMILES string of the molecule is CC(C)C(C)(C#N)NC(=O)CN1C(=O)C2CCCCC2C1=O. The zero-order chi connectivity index (χ0) is 16.5. The van der Waals surface area contributed by atoms with Crippen LogP contribution in [0.15, 0.2) is 0 Å². The fourth-order valence-electron chi connectivity index (χ4n) is 3.16. The van der Waals surface area contributed by atoms with E-state index in [9.17, 15) is 19.6 Å². The summed E-state index contributed by atoms with van der Waals surface area (Å²) in [4.78, 5) is 37.9. The van der Waals surface area contributed by atoms with Gasteiger partial charge in [-0.3, -0.25) is 19.3 Å². The van der Waals surface area contributed by atoms with Crippen LogP contribution in [-0.2, 0) is 14.4 Å². The zero-order valence-electron chi connectivity index (χ0n) is 13.4. The minimum absolute atomic E-state index is 0.0750. The summed E-state index contributed by atoms with van der Waals surface area (Å²) in [6.07, 6.45) is 3.38. The van der Waals surface area contributed by atoms with E-state index in [2.05, 4.69) is 11.4 Å². The third-order valence-corrected chi connectivity index (χ3v) is 5.02. The minimum Gasteiger partial charge on any atom is -0.336 e. The minimum atomic E-state index is -1.00. The standard InChI is InChI=1S/C16H23N3O3/c1-10(2)16(3,9-17)18-13(20)8-19-14(21)11-6-4-5-7-12(11)15(19)22/h10-12H,4-8H2,1-3H3,(H,18,20). The Morgan fingerprint density at radius 1 is 1.32 bits per heavy atom. The predicted octanol–water partition coefficient (Wildman–Crippen LogP) is 1.22. The highest BCUT2D eigenvalue weighted by Gasteiger charge is 2.48. The van der Waals surface area contributed by atoms with Crippen LogP contribution in [0.5, 0.6) is 0 Å². The number of amides is 3. The summed E-state index contributed by atoms with van der Waals surface area (Å²) in [6.45, 7) is 5.03. The second-order valence-corrected chi connectivity index (χ2v) is 6.78. The van der Waals surface area contributed by atoms with E-state index in [1.807, 2.05) is 13.8 Å². The Morgan fingerprint density at radius 2 is 1.82 bits per heavy atom. The van der Waals surface area contributed by atoms with Gasteiger partial charge < -0.3 is 5.32 Å². The van der Waals surface area contributed by atoms with Gasteiger partial charge in [0.05, 0.1) is 17.9 Å². The van der Waals surface area contributed by atoms with E-state index < -0.39 is 11.4 Å². The van der Waals surface area contributed by atoms with Crippen molar-refractivity contribution in [3.8, 4) is 6.07 Å². The average molecular weight is 305 g/mol. The topological polar surface area (TPSA) is 90.3 Å². The molecule has 2 rings (SSSR count). The van der Waals surface area contributed by atoms with Gasteiger partial charge in [0.1, 0.15) is 12.1 Å². The van der Waals surface area contributed by atoms with Crippen LogP contribution in [0.1, 0.15) is 46.5 Å². The molecule has 1 aliphatic carbocycles. The van der Waals surface area contributed by atoms with Crippen molar-refractivity contribution in [1.82, 2.24) is 10.2 Å². The molecule has 6 nitrogen and oxygen atoms in total. The Morgan fingerprint density at radius 3 is 2.23 bits per heavy atom. The molecular formula is C16H23N3O3. The number of carbonyl (C=O) groups excluding carboxylic acids is 3. The van der Waals surface area contributed by atoms with Gasteiger partial charge in [0, 0.05) is 0 Å². The second kappa shape index (κ2) is 6.07. The largest absolute Gasteiger partial charge is 0.336 e. The maximum absolute atomic E-state index is 12.3. The molecule has 0 aromatic rings. The normalized spacial score (nSPS) is 27.3. The molecule has 0 radical (unpaired) electrons. The fourth-order valence-corrected chi connectivity index (χ4v) is 3.16. The van der Waals surface area contributed by atoms with E-state index in [1.165, 1.54) is 0 Å². The van der Waals surface area contributed by atoms with Gasteiger partial charge in [-0.1, -0.05) is 26.7 Å². The molecule has 1 N–H and O–H groups in total. The molecule has 2 fully saturated rings. The molecule has 0 aromatic carbocycles. The quantitative estimate of drug-likeness (QED) is 0.791. The predicted molar refractivity (Wildman–Crippen MR) is 79.2 cm³/mol. The van der Waals surface area contributed by atoms with Gasteiger partial charge in [-0.05, 0) is 25.7 Å². The number of fused-ring (bicyclic) bond motifs is 1. The van der Waals surface area contributed by atoms with Crippen molar-refractivity contribution < 1.29 is 14.4 Å². The Labute approximate surface area is 130 Å². The number of nitrogens with zero attached hydrogens (tertiary/aromatic N) is 2. The molecule has 120 valence electrons. The summed E-state index contributed by atoms with van der Waals surface area (Å²) < 4.78 is 0. The molecule has 1 aliphatic heterocycles. The van der Waals surface area contributed by atoms with Gasteiger partial charge in [-0.25, -0.2) is 0 Å². The van der Waals surface area contributed by atoms with E-state index >= 15 is 0 Å². The molecule has 0 bridgehead atoms. The maximum atomic E-state index is 12.3. The van der Waals surface area contributed by atoms with E-state index in [4.69, 9.17) is 0 Å². The highest BCUT2D eigenvalue weighted by Crippen LogP contribution is 2.37.